The van der Waals surface area contributed by atoms with Gasteiger partial charge < -0.3 is 9.47 Å². The summed E-state index contributed by atoms with van der Waals surface area (Å²) in [5.41, 5.74) is 11.7. The van der Waals surface area contributed by atoms with Crippen LogP contribution in [0.2, 0.25) is 0 Å². The first-order valence-electron chi connectivity index (χ1n) is 19.3. The van der Waals surface area contributed by atoms with E-state index in [0.29, 0.717) is 0 Å². The third-order valence-electron chi connectivity index (χ3n) is 11.3. The molecule has 0 aliphatic carbocycles. The number of benzene rings is 10. The fourth-order valence-corrected chi connectivity index (χ4v) is 8.81. The summed E-state index contributed by atoms with van der Waals surface area (Å²) in [5, 5.41) is 10.0. The highest BCUT2D eigenvalue weighted by atomic mass is 15.1. The maximum absolute atomic E-state index is 2.47. The minimum absolute atomic E-state index is 1.10. The van der Waals surface area contributed by atoms with E-state index in [0.717, 1.165) is 28.3 Å². The molecule has 262 valence electrons. The van der Waals surface area contributed by atoms with Crippen molar-refractivity contribution in [2.75, 3.05) is 4.90 Å². The van der Waals surface area contributed by atoms with Crippen molar-refractivity contribution >= 4 is 71.2 Å². The van der Waals surface area contributed by atoms with E-state index in [1.54, 1.807) is 0 Å². The first kappa shape index (κ1) is 32.0. The summed E-state index contributed by atoms with van der Waals surface area (Å²) in [6, 6.07) is 79.4. The number of aromatic nitrogens is 1. The minimum Gasteiger partial charge on any atom is -0.310 e. The van der Waals surface area contributed by atoms with Gasteiger partial charge in [-0.2, -0.15) is 0 Å². The molecule has 0 unspecified atom stereocenters. The number of hydrogen-bond donors (Lipinski definition) is 0. The molecule has 0 fully saturated rings. The Labute approximate surface area is 325 Å². The zero-order valence-corrected chi connectivity index (χ0v) is 30.7. The van der Waals surface area contributed by atoms with Gasteiger partial charge in [-0.15, -0.1) is 0 Å². The third kappa shape index (κ3) is 5.19. The topological polar surface area (TPSA) is 8.17 Å². The second-order valence-electron chi connectivity index (χ2n) is 14.5. The van der Waals surface area contributed by atoms with Gasteiger partial charge in [0.2, 0.25) is 0 Å². The van der Waals surface area contributed by atoms with Gasteiger partial charge >= 0.3 is 0 Å². The molecule has 11 aromatic rings. The van der Waals surface area contributed by atoms with E-state index >= 15 is 0 Å². The van der Waals surface area contributed by atoms with Crippen molar-refractivity contribution in [2.45, 2.75) is 0 Å². The highest BCUT2D eigenvalue weighted by Crippen LogP contribution is 2.45. The van der Waals surface area contributed by atoms with Gasteiger partial charge in [-0.25, -0.2) is 0 Å². The summed E-state index contributed by atoms with van der Waals surface area (Å²) in [5.74, 6) is 0. The second kappa shape index (κ2) is 13.2. The van der Waals surface area contributed by atoms with Gasteiger partial charge in [-0.3, -0.25) is 0 Å². The van der Waals surface area contributed by atoms with Gasteiger partial charge in [-0.1, -0.05) is 158 Å². The lowest BCUT2D eigenvalue weighted by molar-refractivity contribution is 1.18. The summed E-state index contributed by atoms with van der Waals surface area (Å²) in [6.07, 6.45) is 0. The molecule has 0 saturated heterocycles. The number of para-hydroxylation sites is 2. The van der Waals surface area contributed by atoms with Crippen molar-refractivity contribution in [2.24, 2.45) is 0 Å². The van der Waals surface area contributed by atoms with Gasteiger partial charge in [0.1, 0.15) is 0 Å². The number of hydrogen-bond acceptors (Lipinski definition) is 1. The molecule has 0 N–H and O–H groups in total. The Balaban J connectivity index is 1.14. The van der Waals surface area contributed by atoms with Crippen LogP contribution in [-0.2, 0) is 0 Å². The predicted octanol–water partition coefficient (Wildman–Crippen LogP) is 15.0. The quantitative estimate of drug-likeness (QED) is 0.156. The lowest BCUT2D eigenvalue weighted by Crippen LogP contribution is -2.10. The summed E-state index contributed by atoms with van der Waals surface area (Å²) < 4.78 is 2.47. The van der Waals surface area contributed by atoms with Crippen LogP contribution in [0.4, 0.5) is 17.1 Å². The van der Waals surface area contributed by atoms with Crippen LogP contribution in [0.1, 0.15) is 0 Å². The van der Waals surface area contributed by atoms with Crippen molar-refractivity contribution in [3.05, 3.63) is 218 Å². The lowest BCUT2D eigenvalue weighted by Gasteiger charge is -2.26. The number of anilines is 3. The Bertz CT molecular complexity index is 3220. The maximum atomic E-state index is 2.47. The van der Waals surface area contributed by atoms with Crippen LogP contribution in [0.5, 0.6) is 0 Å². The van der Waals surface area contributed by atoms with Gasteiger partial charge in [0.05, 0.1) is 11.0 Å². The average molecular weight is 713 g/mol. The van der Waals surface area contributed by atoms with Crippen LogP contribution >= 0.6 is 0 Å². The molecule has 0 aliphatic rings. The summed E-state index contributed by atoms with van der Waals surface area (Å²) in [4.78, 5) is 2.38. The fourth-order valence-electron chi connectivity index (χ4n) is 8.81. The highest BCUT2D eigenvalue weighted by Gasteiger charge is 2.22. The Morgan fingerprint density at radius 3 is 1.57 bits per heavy atom. The van der Waals surface area contributed by atoms with Gasteiger partial charge in [-0.05, 0) is 110 Å². The maximum Gasteiger partial charge on any atom is 0.0625 e. The molecule has 0 radical (unpaired) electrons. The molecular weight excluding hydrogens is 677 g/mol. The number of nitrogens with zero attached hydrogens (tertiary/aromatic N) is 2. The standard InChI is InChI=1S/C54H36N2/c1-4-16-37(17-5-1)51-35-40-19-11-13-25-46(40)54-53(51)49-33-32-44(36-52(49)56(54)42-22-8-3-9-23-42)55(41-20-6-2-7-21-41)43-30-28-38(29-31-43)50-34-39-18-10-12-24-45(39)47-26-14-15-27-48(47)50/h1-36H. The fraction of sp³-hybridized carbons (Fsp3) is 0. The van der Waals surface area contributed by atoms with Crippen LogP contribution in [0.15, 0.2) is 218 Å². The Morgan fingerprint density at radius 1 is 0.321 bits per heavy atom. The Morgan fingerprint density at radius 2 is 0.839 bits per heavy atom. The summed E-state index contributed by atoms with van der Waals surface area (Å²) in [6.45, 7) is 0. The number of rotatable bonds is 6. The van der Waals surface area contributed by atoms with Crippen molar-refractivity contribution in [3.63, 3.8) is 0 Å². The van der Waals surface area contributed by atoms with Crippen LogP contribution in [0.25, 0.3) is 82.1 Å². The monoisotopic (exact) mass is 712 g/mol. The van der Waals surface area contributed by atoms with E-state index < -0.39 is 0 Å². The van der Waals surface area contributed by atoms with E-state index in [-0.39, 0.29) is 0 Å². The van der Waals surface area contributed by atoms with Crippen molar-refractivity contribution < 1.29 is 0 Å². The van der Waals surface area contributed by atoms with E-state index in [4.69, 9.17) is 0 Å². The molecule has 1 heterocycles. The van der Waals surface area contributed by atoms with E-state index in [1.807, 2.05) is 0 Å². The molecule has 0 atom stereocenters. The summed E-state index contributed by atoms with van der Waals surface area (Å²) >= 11 is 0. The van der Waals surface area contributed by atoms with Crippen LogP contribution in [-0.4, -0.2) is 4.57 Å². The van der Waals surface area contributed by atoms with Crippen molar-refractivity contribution in [3.8, 4) is 27.9 Å². The predicted molar refractivity (Wildman–Crippen MR) is 239 cm³/mol. The molecule has 0 spiro atoms. The molecule has 10 aromatic carbocycles. The van der Waals surface area contributed by atoms with E-state index in [1.165, 1.54) is 70.9 Å². The first-order chi connectivity index (χ1) is 27.8. The van der Waals surface area contributed by atoms with Gasteiger partial charge in [0, 0.05) is 38.9 Å². The first-order valence-corrected chi connectivity index (χ1v) is 19.3. The van der Waals surface area contributed by atoms with Crippen LogP contribution in [0, 0.1) is 0 Å². The largest absolute Gasteiger partial charge is 0.310 e. The van der Waals surface area contributed by atoms with Crippen LogP contribution < -0.4 is 4.90 Å². The molecule has 2 heteroatoms. The molecule has 0 saturated carbocycles. The Hall–Kier alpha value is -7.42. The zero-order chi connectivity index (χ0) is 37.0. The highest BCUT2D eigenvalue weighted by molar-refractivity contribution is 6.24. The molecule has 0 amide bonds. The van der Waals surface area contributed by atoms with E-state index in [9.17, 15) is 0 Å². The van der Waals surface area contributed by atoms with Crippen LogP contribution in [0.3, 0.4) is 0 Å². The van der Waals surface area contributed by atoms with Gasteiger partial charge in [0.25, 0.3) is 0 Å². The molecule has 0 aliphatic heterocycles. The SMILES string of the molecule is c1ccc(-c2cc3ccccc3c3c2c2ccc(N(c4ccccc4)c4ccc(-c5cc6ccccc6c6ccccc56)cc4)cc2n3-c2ccccc2)cc1. The molecule has 56 heavy (non-hydrogen) atoms. The number of fused-ring (bicyclic) bond motifs is 8. The third-order valence-corrected chi connectivity index (χ3v) is 11.3. The summed E-state index contributed by atoms with van der Waals surface area (Å²) in [7, 11) is 0. The zero-order valence-electron chi connectivity index (χ0n) is 30.7. The second-order valence-corrected chi connectivity index (χ2v) is 14.5. The molecule has 11 rings (SSSR count). The van der Waals surface area contributed by atoms with Crippen molar-refractivity contribution in [1.82, 2.24) is 4.57 Å². The Kier molecular flexibility index (Phi) is 7.53. The van der Waals surface area contributed by atoms with Crippen molar-refractivity contribution in [1.29, 1.82) is 0 Å². The average Bonchev–Trinajstić information content (AvgIpc) is 3.62. The molecule has 1 aromatic heterocycles. The molecule has 0 bridgehead atoms. The minimum atomic E-state index is 1.10. The normalized spacial score (nSPS) is 11.6. The molecular formula is C54H36N2. The lowest BCUT2D eigenvalue weighted by atomic mass is 9.93. The molecule has 2 nitrogen and oxygen atoms in total. The van der Waals surface area contributed by atoms with Gasteiger partial charge in [0.15, 0.2) is 0 Å². The van der Waals surface area contributed by atoms with E-state index in [2.05, 4.69) is 228 Å². The smallest absolute Gasteiger partial charge is 0.0625 e.